The van der Waals surface area contributed by atoms with Crippen LogP contribution in [0.3, 0.4) is 0 Å². The first-order chi connectivity index (χ1) is 6.17. The van der Waals surface area contributed by atoms with Crippen LogP contribution in [-0.4, -0.2) is 37.6 Å². The van der Waals surface area contributed by atoms with E-state index in [9.17, 15) is 5.11 Å². The molecule has 0 aromatic heterocycles. The van der Waals surface area contributed by atoms with Crippen LogP contribution in [-0.2, 0) is 9.47 Å². The van der Waals surface area contributed by atoms with Crippen molar-refractivity contribution in [2.45, 2.75) is 31.8 Å². The van der Waals surface area contributed by atoms with E-state index in [4.69, 9.17) is 9.47 Å². The van der Waals surface area contributed by atoms with Gasteiger partial charge in [-0.2, -0.15) is 0 Å². The Labute approximate surface area is 80.0 Å². The summed E-state index contributed by atoms with van der Waals surface area (Å²) in [6.45, 7) is 4.14. The van der Waals surface area contributed by atoms with E-state index in [1.54, 1.807) is 7.11 Å². The van der Waals surface area contributed by atoms with Crippen molar-refractivity contribution >= 4 is 0 Å². The van der Waals surface area contributed by atoms with Gasteiger partial charge in [0.2, 0.25) is 0 Å². The highest BCUT2D eigenvalue weighted by atomic mass is 16.5. The second-order valence-corrected chi connectivity index (χ2v) is 4.01. The molecule has 1 N–H and O–H groups in total. The van der Waals surface area contributed by atoms with Gasteiger partial charge in [0, 0.05) is 26.2 Å². The Bertz CT molecular complexity index is 139. The zero-order valence-corrected chi connectivity index (χ0v) is 8.58. The number of rotatable bonds is 5. The molecule has 3 nitrogen and oxygen atoms in total. The van der Waals surface area contributed by atoms with E-state index < -0.39 is 5.60 Å². The number of aliphatic hydroxyl groups is 1. The van der Waals surface area contributed by atoms with E-state index in [1.165, 1.54) is 0 Å². The Kier molecular flexibility index (Phi) is 4.16. The normalized spacial score (nSPS) is 27.5. The molecule has 0 aromatic rings. The summed E-state index contributed by atoms with van der Waals surface area (Å²) in [6, 6.07) is 0. The van der Waals surface area contributed by atoms with Gasteiger partial charge in [0.15, 0.2) is 0 Å². The zero-order chi connectivity index (χ0) is 9.73. The molecule has 1 fully saturated rings. The highest BCUT2D eigenvalue weighted by Gasteiger charge is 2.33. The lowest BCUT2D eigenvalue weighted by atomic mass is 9.85. The maximum atomic E-state index is 10.1. The van der Waals surface area contributed by atoms with E-state index in [-0.39, 0.29) is 0 Å². The summed E-state index contributed by atoms with van der Waals surface area (Å²) in [5.41, 5.74) is -0.574. The van der Waals surface area contributed by atoms with Crippen molar-refractivity contribution in [2.24, 2.45) is 5.92 Å². The van der Waals surface area contributed by atoms with Gasteiger partial charge in [0.25, 0.3) is 0 Å². The number of ether oxygens (including phenoxy) is 2. The average molecular weight is 188 g/mol. The predicted molar refractivity (Wildman–Crippen MR) is 50.7 cm³/mol. The lowest BCUT2D eigenvalue weighted by Crippen LogP contribution is -2.35. The molecule has 0 spiro atoms. The largest absolute Gasteiger partial charge is 0.390 e. The number of methoxy groups -OCH3 is 1. The van der Waals surface area contributed by atoms with Crippen LogP contribution in [0.4, 0.5) is 0 Å². The molecule has 0 aliphatic carbocycles. The zero-order valence-electron chi connectivity index (χ0n) is 8.58. The molecule has 1 aliphatic heterocycles. The van der Waals surface area contributed by atoms with Gasteiger partial charge in [-0.1, -0.05) is 0 Å². The van der Waals surface area contributed by atoms with Crippen LogP contribution in [0.1, 0.15) is 26.2 Å². The fraction of sp³-hybridized carbons (Fsp3) is 1.00. The van der Waals surface area contributed by atoms with Gasteiger partial charge in [-0.25, -0.2) is 0 Å². The highest BCUT2D eigenvalue weighted by molar-refractivity contribution is 4.84. The van der Waals surface area contributed by atoms with E-state index in [2.05, 4.69) is 0 Å². The van der Waals surface area contributed by atoms with E-state index in [0.29, 0.717) is 12.5 Å². The van der Waals surface area contributed by atoms with Crippen molar-refractivity contribution in [3.05, 3.63) is 0 Å². The molecule has 0 saturated carbocycles. The molecule has 1 rings (SSSR count). The molecular formula is C10H20O3. The van der Waals surface area contributed by atoms with Crippen molar-refractivity contribution in [1.82, 2.24) is 0 Å². The lowest BCUT2D eigenvalue weighted by Gasteiger charge is -2.28. The Balaban J connectivity index is 2.26. The smallest absolute Gasteiger partial charge is 0.0671 e. The van der Waals surface area contributed by atoms with Gasteiger partial charge in [0.05, 0.1) is 12.2 Å². The van der Waals surface area contributed by atoms with Crippen LogP contribution in [0, 0.1) is 5.92 Å². The molecule has 1 heterocycles. The Hall–Kier alpha value is -0.120. The molecule has 0 bridgehead atoms. The van der Waals surface area contributed by atoms with Gasteiger partial charge in [-0.15, -0.1) is 0 Å². The minimum atomic E-state index is -0.574. The van der Waals surface area contributed by atoms with Crippen LogP contribution < -0.4 is 0 Å². The molecule has 13 heavy (non-hydrogen) atoms. The van der Waals surface area contributed by atoms with Gasteiger partial charge in [0.1, 0.15) is 0 Å². The van der Waals surface area contributed by atoms with Crippen LogP contribution in [0.5, 0.6) is 0 Å². The van der Waals surface area contributed by atoms with E-state index in [0.717, 1.165) is 32.5 Å². The van der Waals surface area contributed by atoms with Crippen molar-refractivity contribution < 1.29 is 14.6 Å². The minimum Gasteiger partial charge on any atom is -0.390 e. The monoisotopic (exact) mass is 188 g/mol. The molecule has 0 aromatic carbocycles. The summed E-state index contributed by atoms with van der Waals surface area (Å²) in [5, 5.41) is 10.1. The molecule has 1 aliphatic rings. The second kappa shape index (κ2) is 4.94. The topological polar surface area (TPSA) is 38.7 Å². The lowest BCUT2D eigenvalue weighted by molar-refractivity contribution is -0.0181. The van der Waals surface area contributed by atoms with Crippen molar-refractivity contribution in [3.8, 4) is 0 Å². The summed E-state index contributed by atoms with van der Waals surface area (Å²) >= 11 is 0. The summed E-state index contributed by atoms with van der Waals surface area (Å²) in [6.07, 6.45) is 2.70. The highest BCUT2D eigenvalue weighted by Crippen LogP contribution is 2.29. The van der Waals surface area contributed by atoms with E-state index in [1.807, 2.05) is 6.92 Å². The maximum absolute atomic E-state index is 10.1. The summed E-state index contributed by atoms with van der Waals surface area (Å²) in [7, 11) is 1.69. The maximum Gasteiger partial charge on any atom is 0.0671 e. The molecule has 78 valence electrons. The molecule has 1 saturated heterocycles. The van der Waals surface area contributed by atoms with Gasteiger partial charge >= 0.3 is 0 Å². The van der Waals surface area contributed by atoms with Crippen molar-refractivity contribution in [2.75, 3.05) is 26.9 Å². The Morgan fingerprint density at radius 3 is 2.92 bits per heavy atom. The first kappa shape index (κ1) is 11.0. The Morgan fingerprint density at radius 1 is 1.62 bits per heavy atom. The van der Waals surface area contributed by atoms with E-state index >= 15 is 0 Å². The molecular weight excluding hydrogens is 168 g/mol. The van der Waals surface area contributed by atoms with Gasteiger partial charge in [-0.3, -0.25) is 0 Å². The van der Waals surface area contributed by atoms with Crippen molar-refractivity contribution in [3.63, 3.8) is 0 Å². The third-order valence-electron chi connectivity index (χ3n) is 2.84. The van der Waals surface area contributed by atoms with Gasteiger partial charge in [-0.05, 0) is 26.2 Å². The standard InChI is InChI=1S/C10H20O3/c1-10(11,5-3-6-12-2)9-4-7-13-8-9/h9,11H,3-8H2,1-2H3. The minimum absolute atomic E-state index is 0.310. The SMILES string of the molecule is COCCCC(C)(O)C1CCOC1. The Morgan fingerprint density at radius 2 is 2.38 bits per heavy atom. The molecule has 0 radical (unpaired) electrons. The fourth-order valence-electron chi connectivity index (χ4n) is 1.80. The van der Waals surface area contributed by atoms with Gasteiger partial charge < -0.3 is 14.6 Å². The first-order valence-electron chi connectivity index (χ1n) is 4.96. The second-order valence-electron chi connectivity index (χ2n) is 4.01. The summed E-state index contributed by atoms with van der Waals surface area (Å²) < 4.78 is 10.2. The molecule has 2 unspecified atom stereocenters. The summed E-state index contributed by atoms with van der Waals surface area (Å²) in [5.74, 6) is 0.310. The molecule has 2 atom stereocenters. The third-order valence-corrected chi connectivity index (χ3v) is 2.84. The van der Waals surface area contributed by atoms with Crippen LogP contribution in [0.2, 0.25) is 0 Å². The quantitative estimate of drug-likeness (QED) is 0.659. The molecule has 3 heteroatoms. The van der Waals surface area contributed by atoms with Crippen molar-refractivity contribution in [1.29, 1.82) is 0 Å². The first-order valence-corrected chi connectivity index (χ1v) is 4.96. The fourth-order valence-corrected chi connectivity index (χ4v) is 1.80. The number of hydrogen-bond acceptors (Lipinski definition) is 3. The van der Waals surface area contributed by atoms with Crippen LogP contribution in [0.25, 0.3) is 0 Å². The average Bonchev–Trinajstić information content (AvgIpc) is 2.56. The predicted octanol–water partition coefficient (Wildman–Crippen LogP) is 1.20. The summed E-state index contributed by atoms with van der Waals surface area (Å²) in [4.78, 5) is 0. The third kappa shape index (κ3) is 3.25. The molecule has 0 amide bonds. The number of hydrogen-bond donors (Lipinski definition) is 1. The van der Waals surface area contributed by atoms with Crippen LogP contribution in [0.15, 0.2) is 0 Å². The van der Waals surface area contributed by atoms with Crippen LogP contribution >= 0.6 is 0 Å².